The van der Waals surface area contributed by atoms with Crippen molar-refractivity contribution in [2.45, 2.75) is 4.83 Å². The maximum atomic E-state index is 12.3. The molecule has 2 rings (SSSR count). The van der Waals surface area contributed by atoms with Gasteiger partial charge in [0.25, 0.3) is 0 Å². The first-order chi connectivity index (χ1) is 8.58. The van der Waals surface area contributed by atoms with Crippen LogP contribution < -0.4 is 0 Å². The van der Waals surface area contributed by atoms with E-state index in [-0.39, 0.29) is 22.8 Å². The van der Waals surface area contributed by atoms with Crippen LogP contribution in [0.2, 0.25) is 10.0 Å². The zero-order valence-corrected chi connectivity index (χ0v) is 14.3. The van der Waals surface area contributed by atoms with Gasteiger partial charge in [-0.25, -0.2) is 0 Å². The van der Waals surface area contributed by atoms with E-state index in [0.717, 1.165) is 5.56 Å². The van der Waals surface area contributed by atoms with Crippen molar-refractivity contribution in [1.29, 1.82) is 0 Å². The standard InChI is InChI=1S/C13H8BrCl2NO.BrH/c14-12(8-1-3-17-4-2-8)13(18)9-5-10(15)7-11(16)6-9;/h1-7,12H;1H. The van der Waals surface area contributed by atoms with Gasteiger partial charge in [0.1, 0.15) is 4.83 Å². The van der Waals surface area contributed by atoms with Gasteiger partial charge >= 0.3 is 0 Å². The topological polar surface area (TPSA) is 30.0 Å². The molecule has 6 heteroatoms. The molecule has 1 unspecified atom stereocenters. The van der Waals surface area contributed by atoms with Crippen molar-refractivity contribution < 1.29 is 4.79 Å². The lowest BCUT2D eigenvalue weighted by Crippen LogP contribution is -2.07. The van der Waals surface area contributed by atoms with Crippen LogP contribution in [0.15, 0.2) is 42.7 Å². The minimum absolute atomic E-state index is 0. The number of aromatic nitrogens is 1. The summed E-state index contributed by atoms with van der Waals surface area (Å²) in [5.74, 6) is -0.0920. The van der Waals surface area contributed by atoms with Crippen LogP contribution in [0.1, 0.15) is 20.7 Å². The van der Waals surface area contributed by atoms with Gasteiger partial charge in [0.15, 0.2) is 5.78 Å². The average molecular weight is 426 g/mol. The Bertz CT molecular complexity index is 558. The molecular weight excluding hydrogens is 417 g/mol. The largest absolute Gasteiger partial charge is 0.293 e. The quantitative estimate of drug-likeness (QED) is 0.494. The normalized spacial score (nSPS) is 11.5. The molecule has 0 saturated carbocycles. The van der Waals surface area contributed by atoms with Crippen molar-refractivity contribution in [3.8, 4) is 0 Å². The number of carbonyl (C=O) groups is 1. The van der Waals surface area contributed by atoms with E-state index in [1.807, 2.05) is 0 Å². The zero-order chi connectivity index (χ0) is 13.1. The molecule has 2 nitrogen and oxygen atoms in total. The van der Waals surface area contributed by atoms with E-state index in [1.54, 1.807) is 42.7 Å². The van der Waals surface area contributed by atoms with E-state index < -0.39 is 4.83 Å². The lowest BCUT2D eigenvalue weighted by molar-refractivity contribution is 0.0991. The van der Waals surface area contributed by atoms with Crippen molar-refractivity contribution in [3.05, 3.63) is 63.9 Å². The summed E-state index contributed by atoms with van der Waals surface area (Å²) < 4.78 is 0. The molecule has 0 amide bonds. The number of alkyl halides is 1. The SMILES string of the molecule is Br.O=C(c1cc(Cl)cc(Cl)c1)C(Br)c1ccncc1. The molecule has 0 radical (unpaired) electrons. The van der Waals surface area contributed by atoms with Crippen LogP contribution in [0.4, 0.5) is 0 Å². The summed E-state index contributed by atoms with van der Waals surface area (Å²) in [6, 6.07) is 8.36. The van der Waals surface area contributed by atoms with E-state index in [2.05, 4.69) is 20.9 Å². The lowest BCUT2D eigenvalue weighted by Gasteiger charge is -2.09. The van der Waals surface area contributed by atoms with Gasteiger partial charge in [-0.1, -0.05) is 39.1 Å². The van der Waals surface area contributed by atoms with Gasteiger partial charge in [-0.05, 0) is 35.9 Å². The summed E-state index contributed by atoms with van der Waals surface area (Å²) in [4.78, 5) is 15.7. The highest BCUT2D eigenvalue weighted by atomic mass is 79.9. The van der Waals surface area contributed by atoms with E-state index in [1.165, 1.54) is 0 Å². The molecule has 0 N–H and O–H groups in total. The predicted octanol–water partition coefficient (Wildman–Crippen LogP) is 5.29. The Morgan fingerprint density at radius 3 is 2.16 bits per heavy atom. The Morgan fingerprint density at radius 2 is 1.63 bits per heavy atom. The fourth-order valence-corrected chi connectivity index (χ4v) is 2.62. The minimum Gasteiger partial charge on any atom is -0.293 e. The second-order valence-electron chi connectivity index (χ2n) is 3.67. The zero-order valence-electron chi connectivity index (χ0n) is 9.52. The van der Waals surface area contributed by atoms with Gasteiger partial charge < -0.3 is 0 Å². The van der Waals surface area contributed by atoms with Crippen molar-refractivity contribution in [3.63, 3.8) is 0 Å². The lowest BCUT2D eigenvalue weighted by atomic mass is 10.0. The van der Waals surface area contributed by atoms with Crippen LogP contribution in [-0.2, 0) is 0 Å². The third-order valence-corrected chi connectivity index (χ3v) is 3.76. The molecule has 0 spiro atoms. The van der Waals surface area contributed by atoms with Crippen LogP contribution in [0.25, 0.3) is 0 Å². The van der Waals surface area contributed by atoms with Crippen molar-refractivity contribution >= 4 is 61.9 Å². The maximum absolute atomic E-state index is 12.3. The number of nitrogens with zero attached hydrogens (tertiary/aromatic N) is 1. The minimum atomic E-state index is -0.435. The molecule has 1 aromatic heterocycles. The molecule has 1 heterocycles. The molecule has 0 saturated heterocycles. The van der Waals surface area contributed by atoms with Crippen LogP contribution >= 0.6 is 56.1 Å². The Hall–Kier alpha value is -0.420. The monoisotopic (exact) mass is 423 g/mol. The highest BCUT2D eigenvalue weighted by molar-refractivity contribution is 9.09. The van der Waals surface area contributed by atoms with Gasteiger partial charge in [-0.3, -0.25) is 9.78 Å². The maximum Gasteiger partial charge on any atom is 0.180 e. The first kappa shape index (κ1) is 16.6. The summed E-state index contributed by atoms with van der Waals surface area (Å²) in [7, 11) is 0. The smallest absolute Gasteiger partial charge is 0.180 e. The molecule has 2 aromatic rings. The molecule has 0 aliphatic rings. The molecule has 0 aliphatic heterocycles. The summed E-state index contributed by atoms with van der Waals surface area (Å²) >= 11 is 15.1. The van der Waals surface area contributed by atoms with Crippen LogP contribution in [0.5, 0.6) is 0 Å². The average Bonchev–Trinajstić information content (AvgIpc) is 2.37. The number of carbonyl (C=O) groups excluding carboxylic acids is 1. The van der Waals surface area contributed by atoms with E-state index in [0.29, 0.717) is 15.6 Å². The molecule has 100 valence electrons. The molecule has 19 heavy (non-hydrogen) atoms. The summed E-state index contributed by atoms with van der Waals surface area (Å²) in [5.41, 5.74) is 1.32. The second kappa shape index (κ2) is 7.39. The van der Waals surface area contributed by atoms with Gasteiger partial charge in [0.05, 0.1) is 0 Å². The van der Waals surface area contributed by atoms with E-state index in [9.17, 15) is 4.79 Å². The fraction of sp³-hybridized carbons (Fsp3) is 0.0769. The summed E-state index contributed by atoms with van der Waals surface area (Å²) in [6.45, 7) is 0. The first-order valence-electron chi connectivity index (χ1n) is 5.12. The molecular formula is C13H9Br2Cl2NO. The van der Waals surface area contributed by atoms with Crippen molar-refractivity contribution in [1.82, 2.24) is 4.98 Å². The number of hydrogen-bond donors (Lipinski definition) is 0. The highest BCUT2D eigenvalue weighted by Crippen LogP contribution is 2.29. The Balaban J connectivity index is 0.00000180. The van der Waals surface area contributed by atoms with Crippen LogP contribution in [0, 0.1) is 0 Å². The van der Waals surface area contributed by atoms with Crippen LogP contribution in [-0.4, -0.2) is 10.8 Å². The first-order valence-corrected chi connectivity index (χ1v) is 6.79. The molecule has 0 bridgehead atoms. The van der Waals surface area contributed by atoms with Gasteiger partial charge in [0, 0.05) is 28.0 Å². The Morgan fingerprint density at radius 1 is 1.11 bits per heavy atom. The number of hydrogen-bond acceptors (Lipinski definition) is 2. The summed E-state index contributed by atoms with van der Waals surface area (Å²) in [6.07, 6.45) is 3.28. The molecule has 0 aliphatic carbocycles. The number of pyridine rings is 1. The third-order valence-electron chi connectivity index (χ3n) is 2.38. The van der Waals surface area contributed by atoms with Gasteiger partial charge in [0.2, 0.25) is 0 Å². The second-order valence-corrected chi connectivity index (χ2v) is 5.45. The predicted molar refractivity (Wildman–Crippen MR) is 87.0 cm³/mol. The van der Waals surface area contributed by atoms with Crippen LogP contribution in [0.3, 0.4) is 0 Å². The number of ketones is 1. The molecule has 1 aromatic carbocycles. The molecule has 1 atom stereocenters. The van der Waals surface area contributed by atoms with Gasteiger partial charge in [-0.2, -0.15) is 0 Å². The Kier molecular flexibility index (Phi) is 6.47. The van der Waals surface area contributed by atoms with E-state index >= 15 is 0 Å². The van der Waals surface area contributed by atoms with Crippen molar-refractivity contribution in [2.24, 2.45) is 0 Å². The molecule has 0 fully saturated rings. The highest BCUT2D eigenvalue weighted by Gasteiger charge is 2.19. The van der Waals surface area contributed by atoms with Gasteiger partial charge in [-0.15, -0.1) is 17.0 Å². The Labute approximate surface area is 140 Å². The van der Waals surface area contributed by atoms with Crippen molar-refractivity contribution in [2.75, 3.05) is 0 Å². The number of halogens is 4. The van der Waals surface area contributed by atoms with E-state index in [4.69, 9.17) is 23.2 Å². The summed E-state index contributed by atoms with van der Waals surface area (Å²) in [5, 5.41) is 0.889. The number of benzene rings is 1. The third kappa shape index (κ3) is 4.28. The number of Topliss-reactive ketones (excluding diaryl/α,β-unsaturated/α-hetero) is 1. The number of rotatable bonds is 3. The fourth-order valence-electron chi connectivity index (χ4n) is 1.53.